The van der Waals surface area contributed by atoms with Crippen LogP contribution >= 0.6 is 11.8 Å². The van der Waals surface area contributed by atoms with Crippen LogP contribution in [0.15, 0.2) is 48.1 Å². The monoisotopic (exact) mass is 359 g/mol. The van der Waals surface area contributed by atoms with Gasteiger partial charge in [-0.3, -0.25) is 4.79 Å². The van der Waals surface area contributed by atoms with Crippen molar-refractivity contribution in [3.8, 4) is 0 Å². The Hall–Kier alpha value is -2.28. The summed E-state index contributed by atoms with van der Waals surface area (Å²) in [6.07, 6.45) is 2.69. The van der Waals surface area contributed by atoms with Gasteiger partial charge in [0.05, 0.1) is 5.75 Å². The first-order valence-corrected chi connectivity index (χ1v) is 9.26. The summed E-state index contributed by atoms with van der Waals surface area (Å²) in [6.45, 7) is 7.83. The molecule has 0 aliphatic heterocycles. The number of allylic oxidation sites excluding steroid dienone is 1. The first kappa shape index (κ1) is 19.1. The summed E-state index contributed by atoms with van der Waals surface area (Å²) in [5, 5.41) is 11.8. The molecule has 0 atom stereocenters. The molecule has 0 fully saturated rings. The highest BCUT2D eigenvalue weighted by molar-refractivity contribution is 7.99. The fourth-order valence-corrected chi connectivity index (χ4v) is 3.17. The van der Waals surface area contributed by atoms with Gasteiger partial charge in [-0.25, -0.2) is 0 Å². The van der Waals surface area contributed by atoms with E-state index in [0.29, 0.717) is 18.8 Å². The number of amides is 1. The van der Waals surface area contributed by atoms with Gasteiger partial charge in [-0.2, -0.15) is 0 Å². The second-order valence-corrected chi connectivity index (χ2v) is 6.62. The van der Waals surface area contributed by atoms with E-state index in [1.807, 2.05) is 29.7 Å². The molecule has 1 N–H and O–H groups in total. The van der Waals surface area contributed by atoms with Crippen molar-refractivity contribution in [2.24, 2.45) is 0 Å². The van der Waals surface area contributed by atoms with Gasteiger partial charge in [0, 0.05) is 32.4 Å². The molecule has 1 amide bonds. The maximum Gasteiger partial charge on any atom is 0.230 e. The molecule has 0 spiro atoms. The summed E-state index contributed by atoms with van der Waals surface area (Å²) in [5.74, 6) is 1.17. The molecule has 1 aromatic carbocycles. The molecule has 2 rings (SSSR count). The molecule has 0 saturated heterocycles. The van der Waals surface area contributed by atoms with Gasteiger partial charge in [0.2, 0.25) is 5.91 Å². The Labute approximate surface area is 153 Å². The van der Waals surface area contributed by atoms with E-state index in [-0.39, 0.29) is 5.91 Å². The predicted molar refractivity (Wildman–Crippen MR) is 103 cm³/mol. The minimum Gasteiger partial charge on any atom is -0.375 e. The predicted octanol–water partition coefficient (Wildman–Crippen LogP) is 2.51. The Morgan fingerprint density at radius 2 is 2.12 bits per heavy atom. The van der Waals surface area contributed by atoms with Crippen LogP contribution in [0.25, 0.3) is 0 Å². The van der Waals surface area contributed by atoms with Gasteiger partial charge in [-0.05, 0) is 25.5 Å². The van der Waals surface area contributed by atoms with Crippen LogP contribution in [0.1, 0.15) is 12.2 Å². The van der Waals surface area contributed by atoms with Crippen LogP contribution in [0.5, 0.6) is 0 Å². The normalized spacial score (nSPS) is 10.5. The third kappa shape index (κ3) is 5.94. The molecule has 7 heteroatoms. The van der Waals surface area contributed by atoms with Crippen LogP contribution in [0.4, 0.5) is 5.69 Å². The number of thioether (sulfide) groups is 1. The lowest BCUT2D eigenvalue weighted by Crippen LogP contribution is -2.29. The largest absolute Gasteiger partial charge is 0.375 e. The molecule has 0 aliphatic carbocycles. The third-order valence-corrected chi connectivity index (χ3v) is 4.70. The second kappa shape index (κ2) is 9.88. The molecule has 134 valence electrons. The number of rotatable bonds is 10. The minimum absolute atomic E-state index is 0.0122. The fourth-order valence-electron chi connectivity index (χ4n) is 2.34. The molecule has 6 nitrogen and oxygen atoms in total. The van der Waals surface area contributed by atoms with Crippen LogP contribution < -0.4 is 10.2 Å². The zero-order valence-corrected chi connectivity index (χ0v) is 15.6. The molecular weight excluding hydrogens is 334 g/mol. The number of nitrogens with one attached hydrogen (secondary N) is 1. The standard InChI is InChI=1S/C18H25N5OS/c1-4-12-23-15(2)20-21-18(23)25-14-17(24)19-11-8-13-22(3)16-9-6-5-7-10-16/h4-7,9-10H,1,8,11-14H2,2-3H3,(H,19,24). The van der Waals surface area contributed by atoms with E-state index in [0.717, 1.165) is 23.9 Å². The summed E-state index contributed by atoms with van der Waals surface area (Å²) in [5.41, 5.74) is 1.18. The van der Waals surface area contributed by atoms with Crippen molar-refractivity contribution in [3.05, 3.63) is 48.8 Å². The zero-order valence-electron chi connectivity index (χ0n) is 14.8. The summed E-state index contributed by atoms with van der Waals surface area (Å²) in [6, 6.07) is 10.2. The molecule has 0 saturated carbocycles. The van der Waals surface area contributed by atoms with Gasteiger partial charge in [0.1, 0.15) is 5.82 Å². The van der Waals surface area contributed by atoms with E-state index in [1.54, 1.807) is 6.08 Å². The van der Waals surface area contributed by atoms with Crippen LogP contribution in [0, 0.1) is 6.92 Å². The summed E-state index contributed by atoms with van der Waals surface area (Å²) >= 11 is 1.40. The number of nitrogens with zero attached hydrogens (tertiary/aromatic N) is 4. The van der Waals surface area contributed by atoms with Crippen LogP contribution in [-0.2, 0) is 11.3 Å². The van der Waals surface area contributed by atoms with Gasteiger partial charge < -0.3 is 14.8 Å². The Balaban J connectivity index is 1.67. The van der Waals surface area contributed by atoms with Crippen molar-refractivity contribution in [1.29, 1.82) is 0 Å². The molecule has 0 unspecified atom stereocenters. The first-order chi connectivity index (χ1) is 12.1. The third-order valence-electron chi connectivity index (χ3n) is 3.74. The lowest BCUT2D eigenvalue weighted by molar-refractivity contribution is -0.118. The average molecular weight is 359 g/mol. The van der Waals surface area contributed by atoms with E-state index in [2.05, 4.69) is 46.2 Å². The van der Waals surface area contributed by atoms with Gasteiger partial charge in [0.15, 0.2) is 5.16 Å². The Morgan fingerprint density at radius 1 is 1.36 bits per heavy atom. The quantitative estimate of drug-likeness (QED) is 0.401. The highest BCUT2D eigenvalue weighted by Crippen LogP contribution is 2.16. The number of carbonyl (C=O) groups excluding carboxylic acids is 1. The van der Waals surface area contributed by atoms with E-state index in [1.165, 1.54) is 17.4 Å². The number of benzene rings is 1. The first-order valence-electron chi connectivity index (χ1n) is 8.28. The molecule has 0 radical (unpaired) electrons. The van der Waals surface area contributed by atoms with Gasteiger partial charge in [-0.15, -0.1) is 16.8 Å². The van der Waals surface area contributed by atoms with E-state index in [4.69, 9.17) is 0 Å². The second-order valence-electron chi connectivity index (χ2n) is 5.68. The van der Waals surface area contributed by atoms with Crippen molar-refractivity contribution < 1.29 is 4.79 Å². The lowest BCUT2D eigenvalue weighted by Gasteiger charge is -2.19. The van der Waals surface area contributed by atoms with E-state index in [9.17, 15) is 4.79 Å². The van der Waals surface area contributed by atoms with Crippen molar-refractivity contribution in [3.63, 3.8) is 0 Å². The van der Waals surface area contributed by atoms with Crippen molar-refractivity contribution >= 4 is 23.4 Å². The Morgan fingerprint density at radius 3 is 2.84 bits per heavy atom. The van der Waals surface area contributed by atoms with Crippen molar-refractivity contribution in [2.45, 2.75) is 25.0 Å². The lowest BCUT2D eigenvalue weighted by atomic mass is 10.3. The summed E-state index contributed by atoms with van der Waals surface area (Å²) < 4.78 is 1.94. The van der Waals surface area contributed by atoms with Crippen LogP contribution in [0.3, 0.4) is 0 Å². The number of aryl methyl sites for hydroxylation is 1. The Kier molecular flexibility index (Phi) is 7.53. The number of para-hydroxylation sites is 1. The highest BCUT2D eigenvalue weighted by Gasteiger charge is 2.10. The zero-order chi connectivity index (χ0) is 18.1. The van der Waals surface area contributed by atoms with Crippen LogP contribution in [-0.4, -0.2) is 46.6 Å². The Bertz CT molecular complexity index is 686. The number of carbonyl (C=O) groups is 1. The number of hydrogen-bond donors (Lipinski definition) is 1. The van der Waals surface area contributed by atoms with Gasteiger partial charge in [-0.1, -0.05) is 36.0 Å². The average Bonchev–Trinajstić information content (AvgIpc) is 2.98. The number of hydrogen-bond acceptors (Lipinski definition) is 5. The molecule has 1 heterocycles. The number of anilines is 1. The van der Waals surface area contributed by atoms with E-state index < -0.39 is 0 Å². The molecule has 2 aromatic rings. The highest BCUT2D eigenvalue weighted by atomic mass is 32.2. The molecule has 25 heavy (non-hydrogen) atoms. The van der Waals surface area contributed by atoms with Crippen LogP contribution in [0.2, 0.25) is 0 Å². The number of aromatic nitrogens is 3. The van der Waals surface area contributed by atoms with Crippen molar-refractivity contribution in [1.82, 2.24) is 20.1 Å². The summed E-state index contributed by atoms with van der Waals surface area (Å²) in [7, 11) is 2.06. The smallest absolute Gasteiger partial charge is 0.230 e. The maximum absolute atomic E-state index is 12.0. The summed E-state index contributed by atoms with van der Waals surface area (Å²) in [4.78, 5) is 14.2. The molecule has 0 aliphatic rings. The molecule has 1 aromatic heterocycles. The SMILES string of the molecule is C=CCn1c(C)nnc1SCC(=O)NCCCN(C)c1ccccc1. The topological polar surface area (TPSA) is 63.1 Å². The van der Waals surface area contributed by atoms with E-state index >= 15 is 0 Å². The van der Waals surface area contributed by atoms with Gasteiger partial charge >= 0.3 is 0 Å². The van der Waals surface area contributed by atoms with Crippen molar-refractivity contribution in [2.75, 3.05) is 30.8 Å². The van der Waals surface area contributed by atoms with Gasteiger partial charge in [0.25, 0.3) is 0 Å². The molecular formula is C18H25N5OS. The minimum atomic E-state index is 0.0122. The maximum atomic E-state index is 12.0. The fraction of sp³-hybridized carbons (Fsp3) is 0.389. The molecule has 0 bridgehead atoms.